The zero-order valence-corrected chi connectivity index (χ0v) is 13.9. The number of benzene rings is 2. The van der Waals surface area contributed by atoms with Crippen LogP contribution in [-0.2, 0) is 4.74 Å². The standard InChI is InChI=1S/C20H25NO2/c1-15(2)16-3-5-17(6-4-16)21(19-11-13-23-14-12-19)18-7-9-20(22)10-8-18/h3-10,15,19,22H,11-14H2,1-2H3. The predicted octanol–water partition coefficient (Wildman–Crippen LogP) is 4.83. The van der Waals surface area contributed by atoms with Crippen molar-refractivity contribution in [3.05, 3.63) is 54.1 Å². The molecule has 3 nitrogen and oxygen atoms in total. The number of hydrogen-bond acceptors (Lipinski definition) is 3. The first kappa shape index (κ1) is 15.9. The molecule has 2 aromatic rings. The summed E-state index contributed by atoms with van der Waals surface area (Å²) in [5.74, 6) is 0.838. The van der Waals surface area contributed by atoms with Gasteiger partial charge in [0, 0.05) is 30.6 Å². The van der Waals surface area contributed by atoms with Gasteiger partial charge < -0.3 is 14.7 Å². The summed E-state index contributed by atoms with van der Waals surface area (Å²) in [6, 6.07) is 16.8. The summed E-state index contributed by atoms with van der Waals surface area (Å²) in [4.78, 5) is 2.38. The van der Waals surface area contributed by atoms with E-state index in [0.29, 0.717) is 17.7 Å². The number of phenolic OH excluding ortho intramolecular Hbond substituents is 1. The lowest BCUT2D eigenvalue weighted by Gasteiger charge is -2.36. The second kappa shape index (κ2) is 7.05. The Morgan fingerprint density at radius 2 is 1.43 bits per heavy atom. The van der Waals surface area contributed by atoms with E-state index in [4.69, 9.17) is 4.74 Å². The number of rotatable bonds is 4. The minimum Gasteiger partial charge on any atom is -0.508 e. The van der Waals surface area contributed by atoms with Gasteiger partial charge in [0.15, 0.2) is 0 Å². The molecule has 0 bridgehead atoms. The summed E-state index contributed by atoms with van der Waals surface area (Å²) >= 11 is 0. The summed E-state index contributed by atoms with van der Waals surface area (Å²) in [6.07, 6.45) is 2.04. The summed E-state index contributed by atoms with van der Waals surface area (Å²) in [7, 11) is 0. The molecule has 0 saturated carbocycles. The number of hydrogen-bond donors (Lipinski definition) is 1. The van der Waals surface area contributed by atoms with Crippen LogP contribution in [0, 0.1) is 0 Å². The van der Waals surface area contributed by atoms with Crippen molar-refractivity contribution in [2.75, 3.05) is 18.1 Å². The van der Waals surface area contributed by atoms with E-state index in [1.165, 1.54) is 11.3 Å². The topological polar surface area (TPSA) is 32.7 Å². The lowest BCUT2D eigenvalue weighted by atomic mass is 10.0. The van der Waals surface area contributed by atoms with E-state index in [9.17, 15) is 5.11 Å². The van der Waals surface area contributed by atoms with Crippen molar-refractivity contribution in [3.63, 3.8) is 0 Å². The maximum Gasteiger partial charge on any atom is 0.115 e. The van der Waals surface area contributed by atoms with Gasteiger partial charge in [0.1, 0.15) is 5.75 Å². The first-order chi connectivity index (χ1) is 11.1. The van der Waals surface area contributed by atoms with Crippen molar-refractivity contribution in [2.45, 2.75) is 38.6 Å². The first-order valence-electron chi connectivity index (χ1n) is 8.41. The number of nitrogens with zero attached hydrogens (tertiary/aromatic N) is 1. The van der Waals surface area contributed by atoms with Gasteiger partial charge in [-0.15, -0.1) is 0 Å². The third kappa shape index (κ3) is 3.67. The van der Waals surface area contributed by atoms with Crippen molar-refractivity contribution in [1.29, 1.82) is 0 Å². The quantitative estimate of drug-likeness (QED) is 0.877. The summed E-state index contributed by atoms with van der Waals surface area (Å²) in [5.41, 5.74) is 3.67. The van der Waals surface area contributed by atoms with Crippen molar-refractivity contribution in [2.24, 2.45) is 0 Å². The predicted molar refractivity (Wildman–Crippen MR) is 94.6 cm³/mol. The molecule has 0 radical (unpaired) electrons. The van der Waals surface area contributed by atoms with Crippen LogP contribution in [0.5, 0.6) is 5.75 Å². The van der Waals surface area contributed by atoms with Crippen LogP contribution in [0.1, 0.15) is 38.2 Å². The fourth-order valence-corrected chi connectivity index (χ4v) is 3.15. The maximum atomic E-state index is 9.58. The van der Waals surface area contributed by atoms with E-state index in [-0.39, 0.29) is 0 Å². The molecule has 122 valence electrons. The van der Waals surface area contributed by atoms with Gasteiger partial charge in [-0.2, -0.15) is 0 Å². The molecule has 2 aromatic carbocycles. The molecular weight excluding hydrogens is 286 g/mol. The average Bonchev–Trinajstić information content (AvgIpc) is 2.58. The zero-order valence-electron chi connectivity index (χ0n) is 13.9. The maximum absolute atomic E-state index is 9.58. The van der Waals surface area contributed by atoms with Crippen LogP contribution < -0.4 is 4.90 Å². The van der Waals surface area contributed by atoms with E-state index < -0.39 is 0 Å². The normalized spacial score (nSPS) is 15.8. The fourth-order valence-electron chi connectivity index (χ4n) is 3.15. The Labute approximate surface area is 138 Å². The minimum atomic E-state index is 0.302. The van der Waals surface area contributed by atoms with Crippen LogP contribution >= 0.6 is 0 Å². The van der Waals surface area contributed by atoms with E-state index >= 15 is 0 Å². The number of ether oxygens (including phenoxy) is 1. The molecule has 0 atom stereocenters. The Morgan fingerprint density at radius 1 is 0.913 bits per heavy atom. The molecule has 1 N–H and O–H groups in total. The molecule has 1 fully saturated rings. The highest BCUT2D eigenvalue weighted by molar-refractivity contribution is 5.65. The van der Waals surface area contributed by atoms with Gasteiger partial charge in [-0.1, -0.05) is 26.0 Å². The molecule has 3 heteroatoms. The lowest BCUT2D eigenvalue weighted by molar-refractivity contribution is 0.0865. The van der Waals surface area contributed by atoms with E-state index in [2.05, 4.69) is 43.0 Å². The highest BCUT2D eigenvalue weighted by Crippen LogP contribution is 2.33. The summed E-state index contributed by atoms with van der Waals surface area (Å²) in [5, 5.41) is 9.58. The monoisotopic (exact) mass is 311 g/mol. The van der Waals surface area contributed by atoms with Gasteiger partial charge in [0.25, 0.3) is 0 Å². The van der Waals surface area contributed by atoms with E-state index in [0.717, 1.165) is 31.7 Å². The van der Waals surface area contributed by atoms with Gasteiger partial charge in [-0.3, -0.25) is 0 Å². The van der Waals surface area contributed by atoms with Gasteiger partial charge >= 0.3 is 0 Å². The van der Waals surface area contributed by atoms with Gasteiger partial charge in [-0.25, -0.2) is 0 Å². The second-order valence-corrected chi connectivity index (χ2v) is 6.48. The number of phenols is 1. The van der Waals surface area contributed by atoms with Crippen LogP contribution in [0.4, 0.5) is 11.4 Å². The highest BCUT2D eigenvalue weighted by Gasteiger charge is 2.23. The minimum absolute atomic E-state index is 0.302. The molecule has 0 amide bonds. The Morgan fingerprint density at radius 3 is 1.96 bits per heavy atom. The van der Waals surface area contributed by atoms with Crippen molar-refractivity contribution in [3.8, 4) is 5.75 Å². The number of aromatic hydroxyl groups is 1. The fraction of sp³-hybridized carbons (Fsp3) is 0.400. The third-order valence-electron chi connectivity index (χ3n) is 4.52. The van der Waals surface area contributed by atoms with Gasteiger partial charge in [0.2, 0.25) is 0 Å². The van der Waals surface area contributed by atoms with Crippen LogP contribution in [0.15, 0.2) is 48.5 Å². The highest BCUT2D eigenvalue weighted by atomic mass is 16.5. The molecular formula is C20H25NO2. The van der Waals surface area contributed by atoms with Gasteiger partial charge in [-0.05, 0) is 60.7 Å². The smallest absolute Gasteiger partial charge is 0.115 e. The molecule has 0 unspecified atom stereocenters. The lowest BCUT2D eigenvalue weighted by Crippen LogP contribution is -2.36. The molecule has 1 aliphatic heterocycles. The number of anilines is 2. The third-order valence-corrected chi connectivity index (χ3v) is 4.52. The summed E-state index contributed by atoms with van der Waals surface area (Å²) < 4.78 is 5.52. The Bertz CT molecular complexity index is 613. The first-order valence-corrected chi connectivity index (χ1v) is 8.41. The molecule has 0 aliphatic carbocycles. The van der Waals surface area contributed by atoms with E-state index in [1.807, 2.05) is 12.1 Å². The Hall–Kier alpha value is -2.00. The second-order valence-electron chi connectivity index (χ2n) is 6.48. The van der Waals surface area contributed by atoms with Gasteiger partial charge in [0.05, 0.1) is 0 Å². The van der Waals surface area contributed by atoms with Crippen LogP contribution in [0.25, 0.3) is 0 Å². The zero-order chi connectivity index (χ0) is 16.2. The average molecular weight is 311 g/mol. The van der Waals surface area contributed by atoms with Crippen molar-refractivity contribution in [1.82, 2.24) is 0 Å². The molecule has 0 aromatic heterocycles. The molecule has 23 heavy (non-hydrogen) atoms. The van der Waals surface area contributed by atoms with Crippen LogP contribution in [-0.4, -0.2) is 24.4 Å². The Balaban J connectivity index is 1.95. The van der Waals surface area contributed by atoms with E-state index in [1.54, 1.807) is 12.1 Å². The SMILES string of the molecule is CC(C)c1ccc(N(c2ccc(O)cc2)C2CCOCC2)cc1. The van der Waals surface area contributed by atoms with Crippen molar-refractivity contribution >= 4 is 11.4 Å². The van der Waals surface area contributed by atoms with Crippen molar-refractivity contribution < 1.29 is 9.84 Å². The summed E-state index contributed by atoms with van der Waals surface area (Å²) in [6.45, 7) is 6.04. The molecule has 3 rings (SSSR count). The molecule has 1 heterocycles. The Kier molecular flexibility index (Phi) is 4.87. The molecule has 1 aliphatic rings. The van der Waals surface area contributed by atoms with Crippen LogP contribution in [0.2, 0.25) is 0 Å². The molecule has 0 spiro atoms. The largest absolute Gasteiger partial charge is 0.508 e. The van der Waals surface area contributed by atoms with Crippen LogP contribution in [0.3, 0.4) is 0 Å². The molecule has 1 saturated heterocycles.